The largest absolute Gasteiger partial charge is 0.358 e. The fourth-order valence-electron chi connectivity index (χ4n) is 2.80. The number of aryl methyl sites for hydroxylation is 1. The summed E-state index contributed by atoms with van der Waals surface area (Å²) in [6.07, 6.45) is 4.96. The van der Waals surface area contributed by atoms with Gasteiger partial charge in [-0.1, -0.05) is 31.0 Å². The molecule has 1 N–H and O–H groups in total. The number of hydrogen-bond donors (Lipinski definition) is 2. The third-order valence-corrected chi connectivity index (χ3v) is 4.31. The summed E-state index contributed by atoms with van der Waals surface area (Å²) in [7, 11) is 0. The number of rotatable bonds is 9. The summed E-state index contributed by atoms with van der Waals surface area (Å²) >= 11 is 3.96. The third kappa shape index (κ3) is 4.23. The molecule has 0 fully saturated rings. The Morgan fingerprint density at radius 1 is 1.05 bits per heavy atom. The molecule has 4 heteroatoms. The summed E-state index contributed by atoms with van der Waals surface area (Å²) in [6, 6.07) is 7.93. The molecule has 118 valence electrons. The highest BCUT2D eigenvalue weighted by atomic mass is 32.1. The predicted molar refractivity (Wildman–Crippen MR) is 93.9 cm³/mol. The molecular formula is C18H23NO2S. The number of carbonyl (C=O) groups is 2. The molecule has 22 heavy (non-hydrogen) atoms. The Labute approximate surface area is 136 Å². The van der Waals surface area contributed by atoms with Crippen molar-refractivity contribution in [2.45, 2.75) is 45.4 Å². The van der Waals surface area contributed by atoms with E-state index >= 15 is 0 Å². The summed E-state index contributed by atoms with van der Waals surface area (Å²) in [4.78, 5) is 26.9. The number of H-pyrrole nitrogens is 1. The van der Waals surface area contributed by atoms with E-state index < -0.39 is 0 Å². The van der Waals surface area contributed by atoms with Gasteiger partial charge in [-0.05, 0) is 25.8 Å². The molecule has 0 aliphatic carbocycles. The maximum Gasteiger partial charge on any atom is 0.165 e. The van der Waals surface area contributed by atoms with Gasteiger partial charge in [0.25, 0.3) is 0 Å². The van der Waals surface area contributed by atoms with Crippen LogP contribution in [0.2, 0.25) is 0 Å². The second kappa shape index (κ2) is 8.18. The molecule has 1 aromatic carbocycles. The van der Waals surface area contributed by atoms with Gasteiger partial charge in [0.1, 0.15) is 5.78 Å². The van der Waals surface area contributed by atoms with Gasteiger partial charge in [-0.3, -0.25) is 9.59 Å². The molecule has 0 atom stereocenters. The Morgan fingerprint density at radius 2 is 1.73 bits per heavy atom. The van der Waals surface area contributed by atoms with E-state index in [4.69, 9.17) is 0 Å². The number of aromatic amines is 1. The number of carbonyl (C=O) groups excluding carboxylic acids is 2. The Hall–Kier alpha value is -1.55. The van der Waals surface area contributed by atoms with Crippen LogP contribution in [0.15, 0.2) is 24.3 Å². The number of Topliss-reactive ketones (excluding diaryl/α,β-unsaturated/α-hetero) is 2. The van der Waals surface area contributed by atoms with Crippen LogP contribution in [-0.4, -0.2) is 22.3 Å². The first kappa shape index (κ1) is 16.8. The van der Waals surface area contributed by atoms with Crippen molar-refractivity contribution in [3.8, 4) is 0 Å². The van der Waals surface area contributed by atoms with E-state index in [0.29, 0.717) is 18.6 Å². The predicted octanol–water partition coefficient (Wildman–Crippen LogP) is 4.50. The number of nitrogens with one attached hydrogen (secondary N) is 1. The van der Waals surface area contributed by atoms with Crippen LogP contribution in [0.4, 0.5) is 0 Å². The number of benzene rings is 1. The van der Waals surface area contributed by atoms with Gasteiger partial charge >= 0.3 is 0 Å². The maximum atomic E-state index is 12.4. The van der Waals surface area contributed by atoms with E-state index in [1.54, 1.807) is 0 Å². The highest BCUT2D eigenvalue weighted by Crippen LogP contribution is 2.24. The van der Waals surface area contributed by atoms with Crippen molar-refractivity contribution in [3.63, 3.8) is 0 Å². The zero-order valence-electron chi connectivity index (χ0n) is 13.0. The lowest BCUT2D eigenvalue weighted by Gasteiger charge is -2.02. The Balaban J connectivity index is 1.82. The Kier molecular flexibility index (Phi) is 6.25. The number of para-hydroxylation sites is 1. The SMILES string of the molecule is Cc1[nH]c2ccccc2c1C(=O)CCCCCCC(=O)CS. The fraction of sp³-hybridized carbons (Fsp3) is 0.444. The van der Waals surface area contributed by atoms with Gasteiger partial charge in [0, 0.05) is 40.8 Å². The van der Waals surface area contributed by atoms with Crippen molar-refractivity contribution < 1.29 is 9.59 Å². The molecule has 3 nitrogen and oxygen atoms in total. The van der Waals surface area contributed by atoms with Crippen molar-refractivity contribution in [2.24, 2.45) is 0 Å². The first-order valence-corrected chi connectivity index (χ1v) is 8.49. The van der Waals surface area contributed by atoms with Crippen LogP contribution in [0, 0.1) is 6.92 Å². The standard InChI is InChI=1S/C18H23NO2S/c1-13-18(15-9-6-7-10-16(15)19-13)17(21)11-5-3-2-4-8-14(20)12-22/h6-7,9-10,19,22H,2-5,8,11-12H2,1H3. The molecule has 0 aliphatic heterocycles. The van der Waals surface area contributed by atoms with Gasteiger partial charge in [0.2, 0.25) is 0 Å². The molecule has 0 saturated heterocycles. The normalized spacial score (nSPS) is 11.0. The average Bonchev–Trinajstić information content (AvgIpc) is 2.85. The number of unbranched alkanes of at least 4 members (excludes halogenated alkanes) is 3. The number of ketones is 2. The minimum Gasteiger partial charge on any atom is -0.358 e. The molecule has 0 spiro atoms. The molecule has 2 aromatic rings. The van der Waals surface area contributed by atoms with E-state index in [9.17, 15) is 9.59 Å². The number of fused-ring (bicyclic) bond motifs is 1. The van der Waals surface area contributed by atoms with Crippen LogP contribution < -0.4 is 0 Å². The van der Waals surface area contributed by atoms with Crippen LogP contribution >= 0.6 is 12.6 Å². The van der Waals surface area contributed by atoms with Crippen LogP contribution in [0.5, 0.6) is 0 Å². The second-order valence-electron chi connectivity index (χ2n) is 5.70. The van der Waals surface area contributed by atoms with Gasteiger partial charge in [-0.15, -0.1) is 0 Å². The van der Waals surface area contributed by atoms with Crippen LogP contribution in [-0.2, 0) is 4.79 Å². The van der Waals surface area contributed by atoms with Gasteiger partial charge < -0.3 is 4.98 Å². The van der Waals surface area contributed by atoms with E-state index in [1.807, 2.05) is 31.2 Å². The topological polar surface area (TPSA) is 49.9 Å². The first-order valence-electron chi connectivity index (χ1n) is 7.86. The molecule has 0 aliphatic rings. The number of hydrogen-bond acceptors (Lipinski definition) is 3. The highest BCUT2D eigenvalue weighted by Gasteiger charge is 2.15. The van der Waals surface area contributed by atoms with Crippen molar-refractivity contribution in [2.75, 3.05) is 5.75 Å². The average molecular weight is 317 g/mol. The lowest BCUT2D eigenvalue weighted by Crippen LogP contribution is -2.01. The van der Waals surface area contributed by atoms with Gasteiger partial charge in [0.05, 0.1) is 0 Å². The van der Waals surface area contributed by atoms with E-state index in [2.05, 4.69) is 17.6 Å². The van der Waals surface area contributed by atoms with Crippen molar-refractivity contribution in [1.29, 1.82) is 0 Å². The van der Waals surface area contributed by atoms with Crippen molar-refractivity contribution >= 4 is 35.1 Å². The zero-order valence-corrected chi connectivity index (χ0v) is 13.9. The molecule has 0 unspecified atom stereocenters. The van der Waals surface area contributed by atoms with Crippen molar-refractivity contribution in [3.05, 3.63) is 35.5 Å². The quantitative estimate of drug-likeness (QED) is 0.406. The summed E-state index contributed by atoms with van der Waals surface area (Å²) in [5.74, 6) is 0.744. The van der Waals surface area contributed by atoms with Crippen molar-refractivity contribution in [1.82, 2.24) is 4.98 Å². The minimum atomic E-state index is 0.203. The van der Waals surface area contributed by atoms with Gasteiger partial charge in [-0.25, -0.2) is 0 Å². The summed E-state index contributed by atoms with van der Waals surface area (Å²) in [6.45, 7) is 1.95. The van der Waals surface area contributed by atoms with Crippen LogP contribution in [0.1, 0.15) is 54.6 Å². The van der Waals surface area contributed by atoms with Crippen LogP contribution in [0.3, 0.4) is 0 Å². The molecule has 2 rings (SSSR count). The zero-order chi connectivity index (χ0) is 15.9. The minimum absolute atomic E-state index is 0.203. The Bertz CT molecular complexity index is 660. The van der Waals surface area contributed by atoms with Crippen LogP contribution in [0.25, 0.3) is 10.9 Å². The second-order valence-corrected chi connectivity index (χ2v) is 6.02. The molecule has 0 radical (unpaired) electrons. The molecular weight excluding hydrogens is 294 g/mol. The van der Waals surface area contributed by atoms with Gasteiger partial charge in [0.15, 0.2) is 5.78 Å². The monoisotopic (exact) mass is 317 g/mol. The first-order chi connectivity index (χ1) is 10.6. The fourth-order valence-corrected chi connectivity index (χ4v) is 2.96. The third-order valence-electron chi connectivity index (χ3n) is 3.96. The lowest BCUT2D eigenvalue weighted by molar-refractivity contribution is -0.116. The molecule has 0 amide bonds. The molecule has 0 bridgehead atoms. The Morgan fingerprint density at radius 3 is 2.45 bits per heavy atom. The maximum absolute atomic E-state index is 12.4. The summed E-state index contributed by atoms with van der Waals surface area (Å²) in [5, 5.41) is 1.02. The summed E-state index contributed by atoms with van der Waals surface area (Å²) < 4.78 is 0. The molecule has 1 heterocycles. The number of aromatic nitrogens is 1. The molecule has 0 saturated carbocycles. The van der Waals surface area contributed by atoms with Gasteiger partial charge in [-0.2, -0.15) is 12.6 Å². The smallest absolute Gasteiger partial charge is 0.165 e. The lowest BCUT2D eigenvalue weighted by atomic mass is 10.0. The van der Waals surface area contributed by atoms with E-state index in [-0.39, 0.29) is 11.6 Å². The number of thiol groups is 1. The highest BCUT2D eigenvalue weighted by molar-refractivity contribution is 7.81. The van der Waals surface area contributed by atoms with E-state index in [0.717, 1.165) is 47.8 Å². The molecule has 1 aromatic heterocycles. The van der Waals surface area contributed by atoms with E-state index in [1.165, 1.54) is 0 Å². The summed E-state index contributed by atoms with van der Waals surface area (Å²) in [5.41, 5.74) is 2.81.